The van der Waals surface area contributed by atoms with Crippen molar-refractivity contribution in [2.75, 3.05) is 18.5 Å². The quantitative estimate of drug-likeness (QED) is 0.791. The number of carbonyl (C=O) groups is 1. The van der Waals surface area contributed by atoms with E-state index in [1.807, 2.05) is 18.2 Å². The standard InChI is InChI=1S/C20H24N2O4S/c21-20(9-11-26-12-10-20)19(23)22-18-8-4-7-17(13-18)15-27(24,25)14-16-5-2-1-3-6-16/h1-8,13H,9-12,14-15,21H2,(H,22,23). The van der Waals surface area contributed by atoms with Crippen LogP contribution in [0.3, 0.4) is 0 Å². The van der Waals surface area contributed by atoms with Crippen molar-refractivity contribution in [3.63, 3.8) is 0 Å². The van der Waals surface area contributed by atoms with E-state index in [0.29, 0.717) is 37.3 Å². The molecule has 2 aromatic rings. The van der Waals surface area contributed by atoms with Crippen LogP contribution >= 0.6 is 0 Å². The Morgan fingerprint density at radius 2 is 1.63 bits per heavy atom. The lowest BCUT2D eigenvalue weighted by atomic mass is 9.90. The first-order valence-corrected chi connectivity index (χ1v) is 10.7. The molecule has 144 valence electrons. The number of amides is 1. The summed E-state index contributed by atoms with van der Waals surface area (Å²) in [6.45, 7) is 0.920. The average Bonchev–Trinajstić information content (AvgIpc) is 2.62. The van der Waals surface area contributed by atoms with Gasteiger partial charge in [0.05, 0.1) is 11.5 Å². The normalized spacial score (nSPS) is 16.6. The smallest absolute Gasteiger partial charge is 0.244 e. The lowest BCUT2D eigenvalue weighted by Crippen LogP contribution is -2.54. The lowest BCUT2D eigenvalue weighted by molar-refractivity contribution is -0.124. The van der Waals surface area contributed by atoms with Gasteiger partial charge in [-0.3, -0.25) is 4.79 Å². The van der Waals surface area contributed by atoms with Crippen LogP contribution in [0.1, 0.15) is 24.0 Å². The molecule has 0 aromatic heterocycles. The van der Waals surface area contributed by atoms with Gasteiger partial charge in [-0.25, -0.2) is 8.42 Å². The number of rotatable bonds is 6. The van der Waals surface area contributed by atoms with Gasteiger partial charge in [0.15, 0.2) is 9.84 Å². The highest BCUT2D eigenvalue weighted by Gasteiger charge is 2.35. The molecular weight excluding hydrogens is 364 g/mol. The first kappa shape index (κ1) is 19.5. The number of ether oxygens (including phenoxy) is 1. The van der Waals surface area contributed by atoms with E-state index in [0.717, 1.165) is 5.56 Å². The molecule has 6 nitrogen and oxygen atoms in total. The van der Waals surface area contributed by atoms with Crippen molar-refractivity contribution in [3.8, 4) is 0 Å². The maximum absolute atomic E-state index is 12.5. The van der Waals surface area contributed by atoms with Gasteiger partial charge >= 0.3 is 0 Å². The van der Waals surface area contributed by atoms with Crippen LogP contribution < -0.4 is 11.1 Å². The average molecular weight is 388 g/mol. The Bertz CT molecular complexity index is 891. The summed E-state index contributed by atoms with van der Waals surface area (Å²) in [5.74, 6) is -0.376. The van der Waals surface area contributed by atoms with Crippen molar-refractivity contribution in [1.29, 1.82) is 0 Å². The molecule has 3 N–H and O–H groups in total. The third-order valence-corrected chi connectivity index (χ3v) is 6.18. The number of sulfone groups is 1. The van der Waals surface area contributed by atoms with Crippen LogP contribution in [-0.2, 0) is 30.9 Å². The van der Waals surface area contributed by atoms with Crippen LogP contribution in [-0.4, -0.2) is 33.1 Å². The summed E-state index contributed by atoms with van der Waals surface area (Å²) in [6, 6.07) is 16.0. The van der Waals surface area contributed by atoms with Crippen LogP contribution in [0.25, 0.3) is 0 Å². The molecule has 27 heavy (non-hydrogen) atoms. The number of carbonyl (C=O) groups excluding carboxylic acids is 1. The van der Waals surface area contributed by atoms with E-state index in [1.54, 1.807) is 36.4 Å². The van der Waals surface area contributed by atoms with Gasteiger partial charge in [0.1, 0.15) is 5.54 Å². The summed E-state index contributed by atoms with van der Waals surface area (Å²) in [4.78, 5) is 12.5. The largest absolute Gasteiger partial charge is 0.381 e. The van der Waals surface area contributed by atoms with E-state index in [1.165, 1.54) is 0 Å². The van der Waals surface area contributed by atoms with Crippen LogP contribution in [0.15, 0.2) is 54.6 Å². The zero-order valence-corrected chi connectivity index (χ0v) is 15.9. The van der Waals surface area contributed by atoms with Crippen molar-refractivity contribution in [2.45, 2.75) is 29.9 Å². The third-order valence-electron chi connectivity index (χ3n) is 4.64. The fourth-order valence-corrected chi connectivity index (χ4v) is 4.58. The van der Waals surface area contributed by atoms with Crippen LogP contribution in [0.4, 0.5) is 5.69 Å². The minimum atomic E-state index is -3.32. The van der Waals surface area contributed by atoms with Gasteiger partial charge in [0.25, 0.3) is 0 Å². The van der Waals surface area contributed by atoms with E-state index >= 15 is 0 Å². The second-order valence-electron chi connectivity index (χ2n) is 6.94. The van der Waals surface area contributed by atoms with E-state index < -0.39 is 15.4 Å². The SMILES string of the molecule is NC1(C(=O)Nc2cccc(CS(=O)(=O)Cc3ccccc3)c2)CCOCC1. The van der Waals surface area contributed by atoms with Crippen molar-refractivity contribution >= 4 is 21.4 Å². The van der Waals surface area contributed by atoms with Gasteiger partial charge in [0.2, 0.25) is 5.91 Å². The van der Waals surface area contributed by atoms with Gasteiger partial charge in [0, 0.05) is 18.9 Å². The van der Waals surface area contributed by atoms with Gasteiger partial charge in [-0.2, -0.15) is 0 Å². The highest BCUT2D eigenvalue weighted by molar-refractivity contribution is 7.89. The van der Waals surface area contributed by atoms with Gasteiger partial charge in [-0.1, -0.05) is 42.5 Å². The number of hydrogen-bond acceptors (Lipinski definition) is 5. The molecule has 0 aliphatic carbocycles. The van der Waals surface area contributed by atoms with Crippen LogP contribution in [0.2, 0.25) is 0 Å². The van der Waals surface area contributed by atoms with E-state index in [4.69, 9.17) is 10.5 Å². The maximum atomic E-state index is 12.5. The Morgan fingerprint density at radius 3 is 2.33 bits per heavy atom. The molecule has 1 aliphatic rings. The molecule has 0 bridgehead atoms. The number of benzene rings is 2. The molecule has 0 atom stereocenters. The van der Waals surface area contributed by atoms with E-state index in [-0.39, 0.29) is 17.4 Å². The van der Waals surface area contributed by atoms with Crippen molar-refractivity contribution < 1.29 is 17.9 Å². The Labute approximate surface area is 159 Å². The number of nitrogens with two attached hydrogens (primary N) is 1. The first-order valence-electron chi connectivity index (χ1n) is 8.88. The molecule has 0 unspecified atom stereocenters. The predicted octanol–water partition coefficient (Wildman–Crippen LogP) is 2.25. The Kier molecular flexibility index (Phi) is 5.94. The molecule has 7 heteroatoms. The van der Waals surface area contributed by atoms with Crippen molar-refractivity contribution in [3.05, 3.63) is 65.7 Å². The fourth-order valence-electron chi connectivity index (χ4n) is 3.09. The zero-order chi connectivity index (χ0) is 19.3. The molecule has 1 amide bonds. The number of nitrogens with one attached hydrogen (secondary N) is 1. The summed E-state index contributed by atoms with van der Waals surface area (Å²) < 4.78 is 30.2. The fraction of sp³-hybridized carbons (Fsp3) is 0.350. The van der Waals surface area contributed by atoms with Crippen LogP contribution in [0.5, 0.6) is 0 Å². The Hall–Kier alpha value is -2.22. The molecule has 1 heterocycles. The highest BCUT2D eigenvalue weighted by atomic mass is 32.2. The van der Waals surface area contributed by atoms with Crippen LogP contribution in [0, 0.1) is 0 Å². The van der Waals surface area contributed by atoms with Gasteiger partial charge in [-0.05, 0) is 36.1 Å². The Balaban J connectivity index is 1.67. The molecule has 0 saturated carbocycles. The summed E-state index contributed by atoms with van der Waals surface area (Å²) in [6.07, 6.45) is 0.925. The van der Waals surface area contributed by atoms with E-state index in [9.17, 15) is 13.2 Å². The summed E-state index contributed by atoms with van der Waals surface area (Å²) in [5, 5.41) is 2.81. The number of hydrogen-bond donors (Lipinski definition) is 2. The summed E-state index contributed by atoms with van der Waals surface area (Å²) >= 11 is 0. The molecule has 3 rings (SSSR count). The minimum absolute atomic E-state index is 0.0175. The highest BCUT2D eigenvalue weighted by Crippen LogP contribution is 2.21. The molecular formula is C20H24N2O4S. The number of anilines is 1. The molecule has 1 fully saturated rings. The summed E-state index contributed by atoms with van der Waals surface area (Å²) in [7, 11) is -3.32. The topological polar surface area (TPSA) is 98.5 Å². The van der Waals surface area contributed by atoms with Crippen molar-refractivity contribution in [2.24, 2.45) is 5.73 Å². The first-order chi connectivity index (χ1) is 12.9. The molecule has 0 radical (unpaired) electrons. The molecule has 0 spiro atoms. The molecule has 1 saturated heterocycles. The zero-order valence-electron chi connectivity index (χ0n) is 15.1. The monoisotopic (exact) mass is 388 g/mol. The summed E-state index contributed by atoms with van der Waals surface area (Å²) in [5.41, 5.74) is 7.17. The second kappa shape index (κ2) is 8.21. The third kappa shape index (κ3) is 5.38. The molecule has 2 aromatic carbocycles. The van der Waals surface area contributed by atoms with Crippen molar-refractivity contribution in [1.82, 2.24) is 0 Å². The predicted molar refractivity (Wildman–Crippen MR) is 105 cm³/mol. The van der Waals surface area contributed by atoms with E-state index in [2.05, 4.69) is 5.32 Å². The van der Waals surface area contributed by atoms with Gasteiger partial charge < -0.3 is 15.8 Å². The minimum Gasteiger partial charge on any atom is -0.381 e. The molecule has 1 aliphatic heterocycles. The second-order valence-corrected chi connectivity index (χ2v) is 9.01. The maximum Gasteiger partial charge on any atom is 0.244 e. The van der Waals surface area contributed by atoms with Gasteiger partial charge in [-0.15, -0.1) is 0 Å². The Morgan fingerprint density at radius 1 is 1.00 bits per heavy atom. The lowest BCUT2D eigenvalue weighted by Gasteiger charge is -2.31.